The number of ether oxygens (including phenoxy) is 1. The minimum Gasteiger partial charge on any atom is -0.494 e. The van der Waals surface area contributed by atoms with Crippen molar-refractivity contribution in [3.63, 3.8) is 0 Å². The highest BCUT2D eigenvalue weighted by Crippen LogP contribution is 2.17. The van der Waals surface area contributed by atoms with Crippen LogP contribution in [0.4, 0.5) is 4.79 Å². The van der Waals surface area contributed by atoms with Crippen molar-refractivity contribution in [2.75, 3.05) is 26.2 Å². The molecule has 0 radical (unpaired) electrons. The summed E-state index contributed by atoms with van der Waals surface area (Å²) < 4.78 is 5.71. The number of hydrogen-bond acceptors (Lipinski definition) is 3. The van der Waals surface area contributed by atoms with Gasteiger partial charge in [0.25, 0.3) is 0 Å². The third-order valence-electron chi connectivity index (χ3n) is 4.70. The Morgan fingerprint density at radius 2 is 2.04 bits per heavy atom. The van der Waals surface area contributed by atoms with Gasteiger partial charge in [-0.2, -0.15) is 0 Å². The number of amides is 3. The Morgan fingerprint density at radius 1 is 1.31 bits per heavy atom. The molecule has 6 heteroatoms. The number of benzene rings is 1. The number of hydrogen-bond donors (Lipinski definition) is 2. The van der Waals surface area contributed by atoms with Gasteiger partial charge in [0.2, 0.25) is 5.91 Å². The second-order valence-corrected chi connectivity index (χ2v) is 7.34. The number of nitrogens with zero attached hydrogens (tertiary/aromatic N) is 1. The normalized spacial score (nSPS) is 17.2. The number of primary amides is 1. The Morgan fingerprint density at radius 3 is 2.69 bits per heavy atom. The van der Waals surface area contributed by atoms with Crippen molar-refractivity contribution >= 4 is 11.9 Å². The summed E-state index contributed by atoms with van der Waals surface area (Å²) >= 11 is 0. The monoisotopic (exact) mass is 361 g/mol. The van der Waals surface area contributed by atoms with Crippen molar-refractivity contribution in [2.45, 2.75) is 39.5 Å². The summed E-state index contributed by atoms with van der Waals surface area (Å²) in [7, 11) is 0. The topological polar surface area (TPSA) is 84.7 Å². The molecule has 1 atom stereocenters. The van der Waals surface area contributed by atoms with Crippen molar-refractivity contribution in [3.8, 4) is 5.75 Å². The van der Waals surface area contributed by atoms with Gasteiger partial charge in [0.1, 0.15) is 5.75 Å². The van der Waals surface area contributed by atoms with E-state index < -0.39 is 6.03 Å². The molecule has 3 N–H and O–H groups in total. The van der Waals surface area contributed by atoms with Crippen LogP contribution in [0.5, 0.6) is 5.75 Å². The highest BCUT2D eigenvalue weighted by atomic mass is 16.5. The summed E-state index contributed by atoms with van der Waals surface area (Å²) in [5, 5.41) is 2.97. The minimum absolute atomic E-state index is 0.00425. The highest BCUT2D eigenvalue weighted by molar-refractivity contribution is 5.80. The van der Waals surface area contributed by atoms with Gasteiger partial charge in [0, 0.05) is 19.6 Å². The molecule has 1 saturated heterocycles. The van der Waals surface area contributed by atoms with Gasteiger partial charge < -0.3 is 20.7 Å². The zero-order chi connectivity index (χ0) is 18.9. The SMILES string of the molecule is CC(C)CCOc1ccc(CCNC(=O)[C@@H]2CCCN(C(N)=O)C2)cc1. The summed E-state index contributed by atoms with van der Waals surface area (Å²) in [6, 6.07) is 7.57. The molecular weight excluding hydrogens is 330 g/mol. The molecule has 6 nitrogen and oxygen atoms in total. The van der Waals surface area contributed by atoms with Gasteiger partial charge in [-0.25, -0.2) is 4.79 Å². The molecule has 1 aliphatic heterocycles. The Kier molecular flexibility index (Phi) is 7.75. The van der Waals surface area contributed by atoms with E-state index in [1.54, 1.807) is 4.90 Å². The fourth-order valence-corrected chi connectivity index (χ4v) is 3.03. The first-order valence-corrected chi connectivity index (χ1v) is 9.49. The fourth-order valence-electron chi connectivity index (χ4n) is 3.03. The summed E-state index contributed by atoms with van der Waals surface area (Å²) in [5.74, 6) is 1.36. The predicted molar refractivity (Wildman–Crippen MR) is 102 cm³/mol. The largest absolute Gasteiger partial charge is 0.494 e. The van der Waals surface area contributed by atoms with E-state index in [1.807, 2.05) is 24.3 Å². The molecule has 1 aliphatic rings. The van der Waals surface area contributed by atoms with E-state index >= 15 is 0 Å². The van der Waals surface area contributed by atoms with Gasteiger partial charge in [-0.15, -0.1) is 0 Å². The zero-order valence-electron chi connectivity index (χ0n) is 15.9. The van der Waals surface area contributed by atoms with Crippen molar-refractivity contribution < 1.29 is 14.3 Å². The Labute approximate surface area is 156 Å². The number of piperidine rings is 1. The van der Waals surface area contributed by atoms with E-state index in [9.17, 15) is 9.59 Å². The maximum atomic E-state index is 12.3. The van der Waals surface area contributed by atoms with Crippen LogP contribution in [0.25, 0.3) is 0 Å². The minimum atomic E-state index is -0.446. The van der Waals surface area contributed by atoms with E-state index in [2.05, 4.69) is 19.2 Å². The van der Waals surface area contributed by atoms with Crippen LogP contribution < -0.4 is 15.8 Å². The first kappa shape index (κ1) is 20.1. The van der Waals surface area contributed by atoms with Crippen LogP contribution >= 0.6 is 0 Å². The van der Waals surface area contributed by atoms with Gasteiger partial charge >= 0.3 is 6.03 Å². The van der Waals surface area contributed by atoms with Gasteiger partial charge in [-0.1, -0.05) is 26.0 Å². The molecular formula is C20H31N3O3. The molecule has 26 heavy (non-hydrogen) atoms. The van der Waals surface area contributed by atoms with Crippen molar-refractivity contribution in [1.29, 1.82) is 0 Å². The lowest BCUT2D eigenvalue weighted by molar-refractivity contribution is -0.126. The number of rotatable bonds is 8. The number of carbonyl (C=O) groups is 2. The van der Waals surface area contributed by atoms with Crippen LogP contribution in [0.2, 0.25) is 0 Å². The van der Waals surface area contributed by atoms with Gasteiger partial charge in [0.15, 0.2) is 0 Å². The maximum Gasteiger partial charge on any atom is 0.314 e. The number of carbonyl (C=O) groups excluding carboxylic acids is 2. The maximum absolute atomic E-state index is 12.3. The van der Waals surface area contributed by atoms with E-state index in [-0.39, 0.29) is 11.8 Å². The van der Waals surface area contributed by atoms with E-state index in [4.69, 9.17) is 10.5 Å². The second-order valence-electron chi connectivity index (χ2n) is 7.34. The number of nitrogens with two attached hydrogens (primary N) is 1. The average Bonchev–Trinajstić information content (AvgIpc) is 2.62. The van der Waals surface area contributed by atoms with Crippen LogP contribution in [0.15, 0.2) is 24.3 Å². The lowest BCUT2D eigenvalue weighted by Gasteiger charge is -2.30. The molecule has 0 unspecified atom stereocenters. The molecule has 1 fully saturated rings. The van der Waals surface area contributed by atoms with Gasteiger partial charge in [-0.3, -0.25) is 4.79 Å². The first-order chi connectivity index (χ1) is 12.5. The summed E-state index contributed by atoms with van der Waals surface area (Å²) in [6.07, 6.45) is 3.43. The van der Waals surface area contributed by atoms with Crippen LogP contribution in [0.1, 0.15) is 38.7 Å². The number of nitrogens with one attached hydrogen (secondary N) is 1. The molecule has 2 rings (SSSR count). The highest BCUT2D eigenvalue weighted by Gasteiger charge is 2.27. The van der Waals surface area contributed by atoms with Gasteiger partial charge in [-0.05, 0) is 49.3 Å². The lowest BCUT2D eigenvalue weighted by Crippen LogP contribution is -2.47. The quantitative estimate of drug-likeness (QED) is 0.746. The average molecular weight is 361 g/mol. The summed E-state index contributed by atoms with van der Waals surface area (Å²) in [4.78, 5) is 25.1. The molecule has 1 aromatic rings. The summed E-state index contributed by atoms with van der Waals surface area (Å²) in [6.45, 7) is 6.74. The van der Waals surface area contributed by atoms with Crippen molar-refractivity contribution in [3.05, 3.63) is 29.8 Å². The standard InChI is InChI=1S/C20H31N3O3/c1-15(2)10-13-26-18-7-5-16(6-8-18)9-11-22-19(24)17-4-3-12-23(14-17)20(21)25/h5-8,15,17H,3-4,9-14H2,1-2H3,(H2,21,25)(H,22,24)/t17-/m1/s1. The van der Waals surface area contributed by atoms with E-state index in [0.29, 0.717) is 25.6 Å². The van der Waals surface area contributed by atoms with Crippen LogP contribution in [0.3, 0.4) is 0 Å². The third-order valence-corrected chi connectivity index (χ3v) is 4.70. The molecule has 1 aromatic carbocycles. The molecule has 3 amide bonds. The third kappa shape index (κ3) is 6.58. The van der Waals surface area contributed by atoms with Crippen LogP contribution in [0, 0.1) is 11.8 Å². The molecule has 0 spiro atoms. The molecule has 0 bridgehead atoms. The Bertz CT molecular complexity index is 586. The Balaban J connectivity index is 1.70. The molecule has 0 aliphatic carbocycles. The van der Waals surface area contributed by atoms with Crippen LogP contribution in [-0.4, -0.2) is 43.1 Å². The molecule has 144 valence electrons. The lowest BCUT2D eigenvalue weighted by atomic mass is 9.97. The second kappa shape index (κ2) is 10.0. The van der Waals surface area contributed by atoms with E-state index in [0.717, 1.165) is 43.6 Å². The van der Waals surface area contributed by atoms with E-state index in [1.165, 1.54) is 0 Å². The molecule has 1 heterocycles. The van der Waals surface area contributed by atoms with Crippen molar-refractivity contribution in [2.24, 2.45) is 17.6 Å². The summed E-state index contributed by atoms with van der Waals surface area (Å²) in [5.41, 5.74) is 6.46. The fraction of sp³-hybridized carbons (Fsp3) is 0.600. The Hall–Kier alpha value is -2.24. The smallest absolute Gasteiger partial charge is 0.314 e. The first-order valence-electron chi connectivity index (χ1n) is 9.49. The molecule has 0 aromatic heterocycles. The molecule has 0 saturated carbocycles. The predicted octanol–water partition coefficient (Wildman–Crippen LogP) is 2.56. The van der Waals surface area contributed by atoms with Crippen molar-refractivity contribution in [1.82, 2.24) is 10.2 Å². The number of urea groups is 1. The van der Waals surface area contributed by atoms with Crippen LogP contribution in [-0.2, 0) is 11.2 Å². The zero-order valence-corrected chi connectivity index (χ0v) is 15.9. The number of likely N-dealkylation sites (tertiary alicyclic amines) is 1. The van der Waals surface area contributed by atoms with Gasteiger partial charge in [0.05, 0.1) is 12.5 Å².